The quantitative estimate of drug-likeness (QED) is 0.846. The van der Waals surface area contributed by atoms with Crippen molar-refractivity contribution in [2.45, 2.75) is 45.3 Å². The minimum absolute atomic E-state index is 0.0326. The Morgan fingerprint density at radius 2 is 1.94 bits per heavy atom. The number of hydrogen-bond acceptors (Lipinski definition) is 2. The molecule has 1 aliphatic rings. The van der Waals surface area contributed by atoms with E-state index in [2.05, 4.69) is 5.32 Å². The van der Waals surface area contributed by atoms with E-state index >= 15 is 0 Å². The lowest BCUT2D eigenvalue weighted by Crippen LogP contribution is -2.44. The van der Waals surface area contributed by atoms with Gasteiger partial charge in [0.25, 0.3) is 0 Å². The maximum Gasteiger partial charge on any atom is 0.391 e. The van der Waals surface area contributed by atoms with Crippen molar-refractivity contribution in [1.29, 1.82) is 0 Å². The number of carbonyl (C=O) groups excluding carboxylic acids is 1. The SMILES string of the molecule is CCNC(C)CC(=O)N1CCC(C(F)(F)F)CC1. The Kier molecular flexibility index (Phi) is 5.44. The summed E-state index contributed by atoms with van der Waals surface area (Å²) in [5.74, 6) is -1.29. The van der Waals surface area contributed by atoms with E-state index in [0.29, 0.717) is 6.42 Å². The molecule has 0 aromatic heterocycles. The molecule has 1 saturated heterocycles. The van der Waals surface area contributed by atoms with Crippen LogP contribution < -0.4 is 5.32 Å². The molecule has 1 heterocycles. The normalized spacial score (nSPS) is 19.9. The average molecular weight is 266 g/mol. The van der Waals surface area contributed by atoms with E-state index in [9.17, 15) is 18.0 Å². The molecule has 1 atom stereocenters. The average Bonchev–Trinajstić information content (AvgIpc) is 2.28. The van der Waals surface area contributed by atoms with E-state index in [-0.39, 0.29) is 37.9 Å². The fraction of sp³-hybridized carbons (Fsp3) is 0.917. The molecule has 6 heteroatoms. The fourth-order valence-electron chi connectivity index (χ4n) is 2.27. The van der Waals surface area contributed by atoms with Crippen molar-refractivity contribution in [1.82, 2.24) is 10.2 Å². The highest BCUT2D eigenvalue weighted by atomic mass is 19.4. The van der Waals surface area contributed by atoms with E-state index < -0.39 is 12.1 Å². The largest absolute Gasteiger partial charge is 0.391 e. The summed E-state index contributed by atoms with van der Waals surface area (Å²) in [7, 11) is 0. The zero-order valence-electron chi connectivity index (χ0n) is 10.9. The number of halogens is 3. The summed E-state index contributed by atoms with van der Waals surface area (Å²) in [4.78, 5) is 13.4. The van der Waals surface area contributed by atoms with Gasteiger partial charge in [-0.2, -0.15) is 13.2 Å². The van der Waals surface area contributed by atoms with Crippen LogP contribution in [0, 0.1) is 5.92 Å². The zero-order chi connectivity index (χ0) is 13.8. The molecule has 0 aliphatic carbocycles. The van der Waals surface area contributed by atoms with Crippen LogP contribution in [-0.4, -0.2) is 42.7 Å². The number of rotatable bonds is 4. The molecule has 106 valence electrons. The first-order chi connectivity index (χ1) is 8.34. The molecule has 1 N–H and O–H groups in total. The predicted molar refractivity (Wildman–Crippen MR) is 63.1 cm³/mol. The van der Waals surface area contributed by atoms with Crippen LogP contribution in [0.25, 0.3) is 0 Å². The van der Waals surface area contributed by atoms with E-state index in [1.54, 1.807) is 4.90 Å². The minimum Gasteiger partial charge on any atom is -0.343 e. The molecule has 1 fully saturated rings. The van der Waals surface area contributed by atoms with Gasteiger partial charge >= 0.3 is 6.18 Å². The van der Waals surface area contributed by atoms with E-state index in [4.69, 9.17) is 0 Å². The molecule has 1 unspecified atom stereocenters. The molecular weight excluding hydrogens is 245 g/mol. The molecule has 1 amide bonds. The van der Waals surface area contributed by atoms with E-state index in [1.165, 1.54) is 0 Å². The molecule has 18 heavy (non-hydrogen) atoms. The van der Waals surface area contributed by atoms with Gasteiger partial charge in [0.2, 0.25) is 5.91 Å². The van der Waals surface area contributed by atoms with Crippen LogP contribution in [0.4, 0.5) is 13.2 Å². The maximum atomic E-state index is 12.5. The lowest BCUT2D eigenvalue weighted by Gasteiger charge is -2.33. The Morgan fingerprint density at radius 1 is 1.39 bits per heavy atom. The zero-order valence-corrected chi connectivity index (χ0v) is 10.9. The van der Waals surface area contributed by atoms with Gasteiger partial charge in [0, 0.05) is 25.6 Å². The molecule has 3 nitrogen and oxygen atoms in total. The van der Waals surface area contributed by atoms with Gasteiger partial charge in [0.05, 0.1) is 5.92 Å². The van der Waals surface area contributed by atoms with Crippen molar-refractivity contribution in [2.75, 3.05) is 19.6 Å². The van der Waals surface area contributed by atoms with E-state index in [1.807, 2.05) is 13.8 Å². The number of nitrogens with zero attached hydrogens (tertiary/aromatic N) is 1. The van der Waals surface area contributed by atoms with Gasteiger partial charge < -0.3 is 10.2 Å². The van der Waals surface area contributed by atoms with Gasteiger partial charge in [-0.1, -0.05) is 6.92 Å². The van der Waals surface area contributed by atoms with Crippen LogP contribution in [0.3, 0.4) is 0 Å². The molecule has 0 aromatic rings. The smallest absolute Gasteiger partial charge is 0.343 e. The Morgan fingerprint density at radius 3 is 2.39 bits per heavy atom. The summed E-state index contributed by atoms with van der Waals surface area (Å²) in [5, 5.41) is 3.12. The van der Waals surface area contributed by atoms with Crippen LogP contribution in [0.1, 0.15) is 33.1 Å². The molecule has 1 aliphatic heterocycles. The van der Waals surface area contributed by atoms with Gasteiger partial charge in [-0.05, 0) is 26.3 Å². The van der Waals surface area contributed by atoms with Crippen LogP contribution in [0.5, 0.6) is 0 Å². The van der Waals surface area contributed by atoms with Crippen molar-refractivity contribution in [3.05, 3.63) is 0 Å². The van der Waals surface area contributed by atoms with E-state index in [0.717, 1.165) is 6.54 Å². The minimum atomic E-state index is -4.12. The molecule has 0 saturated carbocycles. The van der Waals surface area contributed by atoms with Crippen LogP contribution >= 0.6 is 0 Å². The third kappa shape index (κ3) is 4.48. The number of amides is 1. The van der Waals surface area contributed by atoms with Crippen LogP contribution in [-0.2, 0) is 4.79 Å². The molecule has 1 rings (SSSR count). The monoisotopic (exact) mass is 266 g/mol. The first-order valence-electron chi connectivity index (χ1n) is 6.42. The topological polar surface area (TPSA) is 32.3 Å². The highest BCUT2D eigenvalue weighted by molar-refractivity contribution is 5.76. The fourth-order valence-corrected chi connectivity index (χ4v) is 2.27. The van der Waals surface area contributed by atoms with Crippen LogP contribution in [0.2, 0.25) is 0 Å². The highest BCUT2D eigenvalue weighted by Crippen LogP contribution is 2.34. The Labute approximate surface area is 106 Å². The summed E-state index contributed by atoms with van der Waals surface area (Å²) < 4.78 is 37.4. The number of alkyl halides is 3. The van der Waals surface area contributed by atoms with Crippen molar-refractivity contribution in [2.24, 2.45) is 5.92 Å². The summed E-state index contributed by atoms with van der Waals surface area (Å²) in [6.07, 6.45) is -3.70. The van der Waals surface area contributed by atoms with Crippen molar-refractivity contribution >= 4 is 5.91 Å². The summed E-state index contributed by atoms with van der Waals surface area (Å²) in [5.41, 5.74) is 0. The highest BCUT2D eigenvalue weighted by Gasteiger charge is 2.41. The number of piperidine rings is 1. The Bertz CT molecular complexity index is 273. The number of likely N-dealkylation sites (tertiary alicyclic amines) is 1. The van der Waals surface area contributed by atoms with Gasteiger partial charge in [0.15, 0.2) is 0 Å². The van der Waals surface area contributed by atoms with Gasteiger partial charge in [0.1, 0.15) is 0 Å². The molecule has 0 spiro atoms. The second kappa shape index (κ2) is 6.41. The molecule has 0 bridgehead atoms. The lowest BCUT2D eigenvalue weighted by molar-refractivity contribution is -0.186. The van der Waals surface area contributed by atoms with Gasteiger partial charge in [-0.15, -0.1) is 0 Å². The summed E-state index contributed by atoms with van der Waals surface area (Å²) in [6, 6.07) is 0.0721. The molecule has 0 aromatic carbocycles. The molecular formula is C12H21F3N2O. The summed E-state index contributed by atoms with van der Waals surface area (Å²) >= 11 is 0. The van der Waals surface area contributed by atoms with Gasteiger partial charge in [-0.3, -0.25) is 4.79 Å². The second-order valence-corrected chi connectivity index (χ2v) is 4.86. The Balaban J connectivity index is 2.36. The lowest BCUT2D eigenvalue weighted by atomic mass is 9.96. The third-order valence-electron chi connectivity index (χ3n) is 3.34. The standard InChI is InChI=1S/C12H21F3N2O/c1-3-16-9(2)8-11(18)17-6-4-10(5-7-17)12(13,14)15/h9-10,16H,3-8H2,1-2H3. The summed E-state index contributed by atoms with van der Waals surface area (Å²) in [6.45, 7) is 5.09. The van der Waals surface area contributed by atoms with Crippen molar-refractivity contribution in [3.63, 3.8) is 0 Å². The molecule has 0 radical (unpaired) electrons. The van der Waals surface area contributed by atoms with Crippen molar-refractivity contribution in [3.8, 4) is 0 Å². The number of nitrogens with one attached hydrogen (secondary N) is 1. The predicted octanol–water partition coefficient (Wildman–Crippen LogP) is 2.18. The second-order valence-electron chi connectivity index (χ2n) is 4.86. The van der Waals surface area contributed by atoms with Crippen molar-refractivity contribution < 1.29 is 18.0 Å². The third-order valence-corrected chi connectivity index (χ3v) is 3.34. The first kappa shape index (κ1) is 15.3. The first-order valence-corrected chi connectivity index (χ1v) is 6.42. The maximum absolute atomic E-state index is 12.5. The van der Waals surface area contributed by atoms with Gasteiger partial charge in [-0.25, -0.2) is 0 Å². The number of hydrogen-bond donors (Lipinski definition) is 1. The number of carbonyl (C=O) groups is 1. The van der Waals surface area contributed by atoms with Crippen LogP contribution in [0.15, 0.2) is 0 Å². The Hall–Kier alpha value is -0.780.